The Balaban J connectivity index is 1.50. The first-order valence-electron chi connectivity index (χ1n) is 10.9. The summed E-state index contributed by atoms with van der Waals surface area (Å²) < 4.78 is 13.1. The Kier molecular flexibility index (Phi) is 6.49. The van der Waals surface area contributed by atoms with Gasteiger partial charge in [-0.1, -0.05) is 26.0 Å². The third-order valence-electron chi connectivity index (χ3n) is 5.61. The first-order valence-corrected chi connectivity index (χ1v) is 10.9. The molecule has 33 heavy (non-hydrogen) atoms. The van der Waals surface area contributed by atoms with Crippen LogP contribution in [0.15, 0.2) is 71.7 Å². The molecule has 1 unspecified atom stereocenters. The molecule has 0 aromatic heterocycles. The van der Waals surface area contributed by atoms with Gasteiger partial charge in [0.05, 0.1) is 23.6 Å². The van der Waals surface area contributed by atoms with Crippen molar-refractivity contribution in [2.24, 2.45) is 10.9 Å². The number of anilines is 3. The van der Waals surface area contributed by atoms with Crippen molar-refractivity contribution in [2.45, 2.75) is 20.3 Å². The monoisotopic (exact) mass is 444 g/mol. The molecule has 0 bridgehead atoms. The van der Waals surface area contributed by atoms with Crippen LogP contribution < -0.4 is 16.0 Å². The van der Waals surface area contributed by atoms with E-state index in [-0.39, 0.29) is 23.5 Å². The molecule has 0 fully saturated rings. The van der Waals surface area contributed by atoms with Crippen molar-refractivity contribution in [3.63, 3.8) is 0 Å². The third-order valence-corrected chi connectivity index (χ3v) is 5.61. The van der Waals surface area contributed by atoms with Gasteiger partial charge in [-0.25, -0.2) is 9.38 Å². The SMILES string of the molecule is CCC(C)C(=O)Nc1ccc(C2=Nc3cc(C(=O)Nc4ccc(F)cc4)ccc3NC2)cc1. The number of halogens is 1. The van der Waals surface area contributed by atoms with Crippen molar-refractivity contribution in [3.05, 3.63) is 83.7 Å². The Labute approximate surface area is 191 Å². The summed E-state index contributed by atoms with van der Waals surface area (Å²) in [5.74, 6) is -0.696. The number of aliphatic imine (C=N–C) groups is 1. The van der Waals surface area contributed by atoms with Gasteiger partial charge >= 0.3 is 0 Å². The Hall–Kier alpha value is -4.00. The van der Waals surface area contributed by atoms with Crippen LogP contribution in [0.3, 0.4) is 0 Å². The highest BCUT2D eigenvalue weighted by Gasteiger charge is 2.16. The van der Waals surface area contributed by atoms with Crippen molar-refractivity contribution in [1.82, 2.24) is 0 Å². The average molecular weight is 445 g/mol. The van der Waals surface area contributed by atoms with Crippen molar-refractivity contribution in [2.75, 3.05) is 22.5 Å². The zero-order valence-corrected chi connectivity index (χ0v) is 18.5. The molecule has 3 N–H and O–H groups in total. The fourth-order valence-corrected chi connectivity index (χ4v) is 3.38. The molecule has 3 aromatic rings. The summed E-state index contributed by atoms with van der Waals surface area (Å²) in [6.07, 6.45) is 0.787. The number of carbonyl (C=O) groups is 2. The summed E-state index contributed by atoms with van der Waals surface area (Å²) in [7, 11) is 0. The summed E-state index contributed by atoms with van der Waals surface area (Å²) >= 11 is 0. The van der Waals surface area contributed by atoms with Gasteiger partial charge in [-0.05, 0) is 66.6 Å². The van der Waals surface area contributed by atoms with Crippen molar-refractivity contribution in [1.29, 1.82) is 0 Å². The van der Waals surface area contributed by atoms with Crippen LogP contribution in [0.1, 0.15) is 36.2 Å². The smallest absolute Gasteiger partial charge is 0.255 e. The van der Waals surface area contributed by atoms with Gasteiger partial charge in [-0.2, -0.15) is 0 Å². The summed E-state index contributed by atoms with van der Waals surface area (Å²) in [6, 6.07) is 18.4. The molecular weight excluding hydrogens is 419 g/mol. The number of carbonyl (C=O) groups excluding carboxylic acids is 2. The fraction of sp³-hybridized carbons (Fsp3) is 0.192. The minimum Gasteiger partial charge on any atom is -0.378 e. The predicted octanol–water partition coefficient (Wildman–Crippen LogP) is 5.61. The van der Waals surface area contributed by atoms with Gasteiger partial charge in [0.1, 0.15) is 5.82 Å². The van der Waals surface area contributed by atoms with E-state index in [1.165, 1.54) is 24.3 Å². The minimum absolute atomic E-state index is 0.00212. The molecule has 1 aliphatic rings. The molecule has 2 amide bonds. The molecule has 0 saturated carbocycles. The topological polar surface area (TPSA) is 82.6 Å². The van der Waals surface area contributed by atoms with Crippen LogP contribution in [0, 0.1) is 11.7 Å². The number of rotatable bonds is 6. The largest absolute Gasteiger partial charge is 0.378 e. The molecule has 0 saturated heterocycles. The van der Waals surface area contributed by atoms with Gasteiger partial charge < -0.3 is 16.0 Å². The first-order chi connectivity index (χ1) is 15.9. The first kappa shape index (κ1) is 22.2. The van der Waals surface area contributed by atoms with Crippen LogP contribution in [0.4, 0.5) is 27.1 Å². The molecule has 1 aliphatic heterocycles. The van der Waals surface area contributed by atoms with Crippen LogP contribution in [0.2, 0.25) is 0 Å². The third kappa shape index (κ3) is 5.26. The Morgan fingerprint density at radius 2 is 1.67 bits per heavy atom. The molecule has 168 valence electrons. The fourth-order valence-electron chi connectivity index (χ4n) is 3.38. The van der Waals surface area contributed by atoms with E-state index in [0.29, 0.717) is 23.5 Å². The van der Waals surface area contributed by atoms with Crippen LogP contribution in [-0.2, 0) is 4.79 Å². The Morgan fingerprint density at radius 1 is 1.00 bits per heavy atom. The maximum absolute atomic E-state index is 13.1. The highest BCUT2D eigenvalue weighted by molar-refractivity contribution is 6.09. The van der Waals surface area contributed by atoms with E-state index in [1.807, 2.05) is 44.2 Å². The van der Waals surface area contributed by atoms with E-state index in [1.54, 1.807) is 12.1 Å². The van der Waals surface area contributed by atoms with Gasteiger partial charge in [0.25, 0.3) is 5.91 Å². The molecule has 3 aromatic carbocycles. The van der Waals surface area contributed by atoms with Gasteiger partial charge in [-0.15, -0.1) is 0 Å². The number of fused-ring (bicyclic) bond motifs is 1. The summed E-state index contributed by atoms with van der Waals surface area (Å²) in [6.45, 7) is 4.43. The molecule has 1 heterocycles. The Bertz CT molecular complexity index is 1200. The molecule has 6 nitrogen and oxygen atoms in total. The second-order valence-electron chi connectivity index (χ2n) is 7.98. The number of hydrogen-bond acceptors (Lipinski definition) is 4. The highest BCUT2D eigenvalue weighted by atomic mass is 19.1. The standard InChI is InChI=1S/C26H25FN4O2/c1-3-16(2)25(32)29-20-9-4-17(5-10-20)24-15-28-22-13-6-18(14-23(22)31-24)26(33)30-21-11-7-19(27)8-12-21/h4-14,16,28H,3,15H2,1-2H3,(H,29,32)(H,30,33). The van der Waals surface area contributed by atoms with Gasteiger partial charge in [-0.3, -0.25) is 9.59 Å². The second kappa shape index (κ2) is 9.65. The summed E-state index contributed by atoms with van der Waals surface area (Å²) in [5.41, 5.74) is 4.98. The number of benzene rings is 3. The minimum atomic E-state index is -0.361. The summed E-state index contributed by atoms with van der Waals surface area (Å²) in [4.78, 5) is 29.5. The lowest BCUT2D eigenvalue weighted by Gasteiger charge is -2.19. The van der Waals surface area contributed by atoms with Crippen LogP contribution in [0.25, 0.3) is 0 Å². The van der Waals surface area contributed by atoms with E-state index in [2.05, 4.69) is 16.0 Å². The zero-order valence-electron chi connectivity index (χ0n) is 18.5. The lowest BCUT2D eigenvalue weighted by Crippen LogP contribution is -2.20. The molecule has 7 heteroatoms. The maximum atomic E-state index is 13.1. The van der Waals surface area contributed by atoms with Crippen LogP contribution in [0.5, 0.6) is 0 Å². The average Bonchev–Trinajstić information content (AvgIpc) is 2.84. The Morgan fingerprint density at radius 3 is 2.36 bits per heavy atom. The molecule has 0 radical (unpaired) electrons. The molecule has 0 spiro atoms. The zero-order chi connectivity index (χ0) is 23.4. The van der Waals surface area contributed by atoms with E-state index < -0.39 is 0 Å². The van der Waals surface area contributed by atoms with E-state index >= 15 is 0 Å². The predicted molar refractivity (Wildman–Crippen MR) is 130 cm³/mol. The van der Waals surface area contributed by atoms with Crippen molar-refractivity contribution in [3.8, 4) is 0 Å². The maximum Gasteiger partial charge on any atom is 0.255 e. The van der Waals surface area contributed by atoms with Crippen LogP contribution >= 0.6 is 0 Å². The molecular formula is C26H25FN4O2. The van der Waals surface area contributed by atoms with Gasteiger partial charge in [0, 0.05) is 22.9 Å². The van der Waals surface area contributed by atoms with Crippen molar-refractivity contribution < 1.29 is 14.0 Å². The van der Waals surface area contributed by atoms with E-state index in [4.69, 9.17) is 4.99 Å². The molecule has 1 atom stereocenters. The normalized spacial score (nSPS) is 13.2. The molecule has 4 rings (SSSR count). The number of nitrogens with zero attached hydrogens (tertiary/aromatic N) is 1. The highest BCUT2D eigenvalue weighted by Crippen LogP contribution is 2.31. The van der Waals surface area contributed by atoms with Gasteiger partial charge in [0.2, 0.25) is 5.91 Å². The van der Waals surface area contributed by atoms with Crippen LogP contribution in [-0.4, -0.2) is 24.1 Å². The van der Waals surface area contributed by atoms with E-state index in [0.717, 1.165) is 29.1 Å². The lowest BCUT2D eigenvalue weighted by molar-refractivity contribution is -0.119. The van der Waals surface area contributed by atoms with E-state index in [9.17, 15) is 14.0 Å². The molecule has 0 aliphatic carbocycles. The lowest BCUT2D eigenvalue weighted by atomic mass is 10.1. The number of amides is 2. The van der Waals surface area contributed by atoms with Crippen molar-refractivity contribution >= 4 is 40.3 Å². The number of nitrogens with one attached hydrogen (secondary N) is 3. The van der Waals surface area contributed by atoms with Gasteiger partial charge in [0.15, 0.2) is 0 Å². The summed E-state index contributed by atoms with van der Waals surface area (Å²) in [5, 5.41) is 9.01. The quantitative estimate of drug-likeness (QED) is 0.462. The second-order valence-corrected chi connectivity index (χ2v) is 7.98. The number of hydrogen-bond donors (Lipinski definition) is 3.